The summed E-state index contributed by atoms with van der Waals surface area (Å²) >= 11 is 0. The van der Waals surface area contributed by atoms with Crippen molar-refractivity contribution in [2.24, 2.45) is 0 Å². The minimum absolute atomic E-state index is 0.0154. The normalized spacial score (nSPS) is 18.3. The first-order chi connectivity index (χ1) is 7.40. The highest BCUT2D eigenvalue weighted by Crippen LogP contribution is 2.32. The molecule has 5 heteroatoms. The first kappa shape index (κ1) is 12.0. The highest BCUT2D eigenvalue weighted by atomic mass is 16.5. The molecule has 0 aliphatic heterocycles. The van der Waals surface area contributed by atoms with Gasteiger partial charge in [0.15, 0.2) is 0 Å². The summed E-state index contributed by atoms with van der Waals surface area (Å²) in [5.74, 6) is -2.13. The second kappa shape index (κ2) is 4.22. The zero-order valence-electron chi connectivity index (χ0n) is 9.20. The van der Waals surface area contributed by atoms with Crippen LogP contribution in [0.5, 0.6) is 0 Å². The van der Waals surface area contributed by atoms with Crippen molar-refractivity contribution in [2.45, 2.75) is 13.8 Å². The van der Waals surface area contributed by atoms with Gasteiger partial charge in [0.25, 0.3) is 0 Å². The molecule has 1 rings (SSSR count). The number of aliphatic carboxylic acids is 1. The van der Waals surface area contributed by atoms with Crippen LogP contribution in [0.25, 0.3) is 0 Å². The zero-order valence-corrected chi connectivity index (χ0v) is 9.20. The van der Waals surface area contributed by atoms with E-state index in [9.17, 15) is 14.7 Å². The number of allylic oxidation sites excluding steroid dienone is 2. The molecule has 0 aromatic rings. The van der Waals surface area contributed by atoms with E-state index in [1.54, 1.807) is 6.92 Å². The summed E-state index contributed by atoms with van der Waals surface area (Å²) in [5.41, 5.74) is 0.376. The van der Waals surface area contributed by atoms with Crippen LogP contribution in [0.2, 0.25) is 0 Å². The predicted molar refractivity (Wildman–Crippen MR) is 55.8 cm³/mol. The van der Waals surface area contributed by atoms with Gasteiger partial charge in [-0.05, 0) is 25.5 Å². The van der Waals surface area contributed by atoms with Crippen molar-refractivity contribution in [1.29, 1.82) is 0 Å². The molecule has 0 bridgehead atoms. The quantitative estimate of drug-likeness (QED) is 0.546. The highest BCUT2D eigenvalue weighted by Gasteiger charge is 2.31. The fraction of sp³-hybridized carbons (Fsp3) is 0.273. The van der Waals surface area contributed by atoms with Gasteiger partial charge in [-0.3, -0.25) is 0 Å². The van der Waals surface area contributed by atoms with E-state index in [1.165, 1.54) is 20.1 Å². The Morgan fingerprint density at radius 1 is 1.25 bits per heavy atom. The molecule has 0 fully saturated rings. The average Bonchev–Trinajstić information content (AvgIpc) is 2.55. The monoisotopic (exact) mass is 224 g/mol. The highest BCUT2D eigenvalue weighted by molar-refractivity contribution is 6.08. The molecule has 1 aliphatic carbocycles. The number of carbonyl (C=O) groups is 2. The van der Waals surface area contributed by atoms with Gasteiger partial charge < -0.3 is 14.9 Å². The van der Waals surface area contributed by atoms with E-state index in [0.29, 0.717) is 5.57 Å². The van der Waals surface area contributed by atoms with Gasteiger partial charge in [0.05, 0.1) is 24.0 Å². The Bertz CT molecular complexity index is 447. The van der Waals surface area contributed by atoms with Gasteiger partial charge in [0, 0.05) is 5.57 Å². The molecule has 0 amide bonds. The van der Waals surface area contributed by atoms with Gasteiger partial charge >= 0.3 is 11.9 Å². The molecule has 2 N–H and O–H groups in total. The molecule has 0 aromatic carbocycles. The topological polar surface area (TPSA) is 83.8 Å². The Balaban J connectivity index is 3.48. The number of rotatable bonds is 2. The Morgan fingerprint density at radius 3 is 2.19 bits per heavy atom. The number of aliphatic hydroxyl groups excluding tert-OH is 1. The molecule has 0 aromatic heterocycles. The molecule has 86 valence electrons. The van der Waals surface area contributed by atoms with E-state index in [4.69, 9.17) is 5.11 Å². The summed E-state index contributed by atoms with van der Waals surface area (Å²) in [4.78, 5) is 22.5. The molecule has 0 radical (unpaired) electrons. The van der Waals surface area contributed by atoms with Crippen LogP contribution in [0.15, 0.2) is 34.1 Å². The first-order valence-electron chi connectivity index (χ1n) is 4.55. The SMILES string of the molecule is COC(=O)C1=C(C(=O)O)C(=C(C)O)C=C1C. The van der Waals surface area contributed by atoms with Crippen molar-refractivity contribution in [2.75, 3.05) is 7.11 Å². The summed E-state index contributed by atoms with van der Waals surface area (Å²) in [7, 11) is 1.18. The van der Waals surface area contributed by atoms with E-state index in [1.807, 2.05) is 0 Å². The molecule has 0 spiro atoms. The summed E-state index contributed by atoms with van der Waals surface area (Å²) in [6, 6.07) is 0. The lowest BCUT2D eigenvalue weighted by Crippen LogP contribution is -2.12. The number of esters is 1. The smallest absolute Gasteiger partial charge is 0.339 e. The van der Waals surface area contributed by atoms with Crippen LogP contribution >= 0.6 is 0 Å². The van der Waals surface area contributed by atoms with Crippen molar-refractivity contribution in [3.63, 3.8) is 0 Å². The van der Waals surface area contributed by atoms with E-state index in [0.717, 1.165) is 0 Å². The minimum Gasteiger partial charge on any atom is -0.512 e. The van der Waals surface area contributed by atoms with Crippen molar-refractivity contribution >= 4 is 11.9 Å². The number of carboxylic acid groups (broad SMARTS) is 1. The van der Waals surface area contributed by atoms with Crippen LogP contribution in [0.3, 0.4) is 0 Å². The van der Waals surface area contributed by atoms with Crippen LogP contribution in [0.1, 0.15) is 13.8 Å². The molecule has 5 nitrogen and oxygen atoms in total. The number of hydrogen-bond donors (Lipinski definition) is 2. The standard InChI is InChI=1S/C11H12O5/c1-5-4-7(6(2)12)9(10(13)14)8(5)11(15)16-3/h4,12H,1-3H3,(H,13,14). The van der Waals surface area contributed by atoms with Crippen LogP contribution in [0.4, 0.5) is 0 Å². The third-order valence-electron chi connectivity index (χ3n) is 2.27. The largest absolute Gasteiger partial charge is 0.512 e. The molecule has 16 heavy (non-hydrogen) atoms. The minimum atomic E-state index is -1.27. The van der Waals surface area contributed by atoms with Gasteiger partial charge in [-0.15, -0.1) is 0 Å². The fourth-order valence-corrected chi connectivity index (χ4v) is 1.57. The number of carboxylic acids is 1. The van der Waals surface area contributed by atoms with Gasteiger partial charge in [-0.1, -0.05) is 0 Å². The van der Waals surface area contributed by atoms with Crippen molar-refractivity contribution in [1.82, 2.24) is 0 Å². The number of methoxy groups -OCH3 is 1. The maximum atomic E-state index is 11.4. The second-order valence-corrected chi connectivity index (χ2v) is 3.37. The van der Waals surface area contributed by atoms with E-state index in [-0.39, 0.29) is 22.5 Å². The molecule has 0 saturated carbocycles. The lowest BCUT2D eigenvalue weighted by atomic mass is 10.0. The zero-order chi connectivity index (χ0) is 12.5. The maximum absolute atomic E-state index is 11.4. The van der Waals surface area contributed by atoms with E-state index < -0.39 is 11.9 Å². The number of carbonyl (C=O) groups excluding carboxylic acids is 1. The number of aliphatic hydroxyl groups is 1. The van der Waals surface area contributed by atoms with E-state index in [2.05, 4.69) is 4.74 Å². The summed E-state index contributed by atoms with van der Waals surface area (Å²) in [6.45, 7) is 2.95. The predicted octanol–water partition coefficient (Wildman–Crippen LogP) is 1.33. The van der Waals surface area contributed by atoms with Gasteiger partial charge in [0.1, 0.15) is 0 Å². The van der Waals surface area contributed by atoms with Crippen molar-refractivity contribution in [3.05, 3.63) is 34.1 Å². The molecule has 0 saturated heterocycles. The lowest BCUT2D eigenvalue weighted by molar-refractivity contribution is -0.137. The Labute approximate surface area is 92.3 Å². The molecule has 1 aliphatic rings. The molecule has 0 unspecified atom stereocenters. The van der Waals surface area contributed by atoms with Crippen molar-refractivity contribution in [3.8, 4) is 0 Å². The average molecular weight is 224 g/mol. The number of ether oxygens (including phenoxy) is 1. The van der Waals surface area contributed by atoms with Gasteiger partial charge in [-0.25, -0.2) is 9.59 Å². The Morgan fingerprint density at radius 2 is 1.81 bits per heavy atom. The van der Waals surface area contributed by atoms with Gasteiger partial charge in [-0.2, -0.15) is 0 Å². The number of hydrogen-bond acceptors (Lipinski definition) is 4. The molecular formula is C11H12O5. The fourth-order valence-electron chi connectivity index (χ4n) is 1.57. The third kappa shape index (κ3) is 1.84. The van der Waals surface area contributed by atoms with Crippen LogP contribution in [-0.4, -0.2) is 29.3 Å². The Kier molecular flexibility index (Phi) is 3.17. The molecule has 0 atom stereocenters. The van der Waals surface area contributed by atoms with Crippen molar-refractivity contribution < 1.29 is 24.5 Å². The summed E-state index contributed by atoms with van der Waals surface area (Å²) in [6.07, 6.45) is 1.45. The van der Waals surface area contributed by atoms with Gasteiger partial charge in [0.2, 0.25) is 0 Å². The first-order valence-corrected chi connectivity index (χ1v) is 4.55. The molecular weight excluding hydrogens is 212 g/mol. The van der Waals surface area contributed by atoms with E-state index >= 15 is 0 Å². The summed E-state index contributed by atoms with van der Waals surface area (Å²) in [5, 5.41) is 18.4. The van der Waals surface area contributed by atoms with Crippen LogP contribution in [-0.2, 0) is 14.3 Å². The van der Waals surface area contributed by atoms with Crippen LogP contribution in [0, 0.1) is 0 Å². The second-order valence-electron chi connectivity index (χ2n) is 3.37. The summed E-state index contributed by atoms with van der Waals surface area (Å²) < 4.78 is 4.51. The van der Waals surface area contributed by atoms with Crippen LogP contribution < -0.4 is 0 Å². The Hall–Kier alpha value is -2.04. The third-order valence-corrected chi connectivity index (χ3v) is 2.27. The molecule has 0 heterocycles. The maximum Gasteiger partial charge on any atom is 0.339 e. The lowest BCUT2D eigenvalue weighted by Gasteiger charge is -2.04.